The molecule has 6 heterocycles. The van der Waals surface area contributed by atoms with E-state index < -0.39 is 16.2 Å². The number of halogens is 2. The number of phenols is 1. The van der Waals surface area contributed by atoms with Crippen molar-refractivity contribution in [3.8, 4) is 11.8 Å². The van der Waals surface area contributed by atoms with Crippen LogP contribution in [0.5, 0.6) is 11.8 Å². The fraction of sp³-hybridized carbons (Fsp3) is 0.528. The number of phenolic OH excluding ortho intramolecular Hbond substituents is 1. The number of ether oxygens (including phenoxy) is 1. The highest BCUT2D eigenvalue weighted by atomic mass is 32.2. The van der Waals surface area contributed by atoms with E-state index in [9.17, 15) is 17.9 Å². The molecule has 0 spiro atoms. The monoisotopic (exact) mass is 722 g/mol. The van der Waals surface area contributed by atoms with Crippen LogP contribution in [0.2, 0.25) is 0 Å². The fourth-order valence-corrected chi connectivity index (χ4v) is 9.35. The number of nitrogens with zero attached hydrogens (tertiary/aromatic N) is 7. The van der Waals surface area contributed by atoms with Crippen molar-refractivity contribution in [2.75, 3.05) is 49.6 Å². The summed E-state index contributed by atoms with van der Waals surface area (Å²) in [5.74, 6) is 0.386. The third kappa shape index (κ3) is 6.37. The van der Waals surface area contributed by atoms with Gasteiger partial charge in [-0.25, -0.2) is 21.9 Å². The Bertz CT molecular complexity index is 2100. The van der Waals surface area contributed by atoms with Crippen LogP contribution in [0.15, 0.2) is 30.3 Å². The van der Waals surface area contributed by atoms with E-state index in [-0.39, 0.29) is 28.9 Å². The average molecular weight is 723 g/mol. The molecule has 2 aromatic carbocycles. The summed E-state index contributed by atoms with van der Waals surface area (Å²) in [5.41, 5.74) is 4.12. The van der Waals surface area contributed by atoms with Gasteiger partial charge in [-0.05, 0) is 74.8 Å². The summed E-state index contributed by atoms with van der Waals surface area (Å²) < 4.78 is 65.0. The predicted molar refractivity (Wildman–Crippen MR) is 190 cm³/mol. The number of fused-ring (bicyclic) bond motifs is 4. The van der Waals surface area contributed by atoms with E-state index in [0.717, 1.165) is 65.0 Å². The third-order valence-electron chi connectivity index (χ3n) is 11.1. The summed E-state index contributed by atoms with van der Waals surface area (Å²) in [6.07, 6.45) is 3.28. The summed E-state index contributed by atoms with van der Waals surface area (Å²) >= 11 is 0. The second kappa shape index (κ2) is 13.2. The van der Waals surface area contributed by atoms with Gasteiger partial charge in [-0.3, -0.25) is 9.58 Å². The molecular weight excluding hydrogens is 679 g/mol. The van der Waals surface area contributed by atoms with Crippen molar-refractivity contribution in [3.05, 3.63) is 64.4 Å². The first-order valence-corrected chi connectivity index (χ1v) is 19.5. The lowest BCUT2D eigenvalue weighted by Gasteiger charge is -2.35. The van der Waals surface area contributed by atoms with Crippen LogP contribution >= 0.6 is 0 Å². The van der Waals surface area contributed by atoms with Crippen LogP contribution in [-0.2, 0) is 48.3 Å². The molecule has 0 saturated carbocycles. The highest BCUT2D eigenvalue weighted by Gasteiger charge is 2.49. The first-order valence-electron chi connectivity index (χ1n) is 17.9. The standard InChI is InChI=1S/C36H44F2N8O4S/c1-3-28-30(38)7-6-23-14-27(47)16-32(33(23)28)43-13-8-29-31(20-43)40-35(50-22-36-9-4-11-45(36)18-24(37)17-36)41-34(29)44-10-5-12-46-26(19-44)15-25(42-46)21-51(48,49)39-2/h6-7,14-16,24,39,47H,3-5,8-13,17-22H2,1-2H3/t24-,36+/m1/s1. The van der Waals surface area contributed by atoms with Crippen molar-refractivity contribution in [2.45, 2.75) is 82.5 Å². The van der Waals surface area contributed by atoms with Crippen LogP contribution in [0.1, 0.15) is 60.8 Å². The van der Waals surface area contributed by atoms with Gasteiger partial charge in [0.1, 0.15) is 35.9 Å². The fourth-order valence-electron chi connectivity index (χ4n) is 8.68. The van der Waals surface area contributed by atoms with Gasteiger partial charge in [0.05, 0.1) is 35.7 Å². The highest BCUT2D eigenvalue weighted by molar-refractivity contribution is 7.88. The molecule has 12 nitrogen and oxygen atoms in total. The summed E-state index contributed by atoms with van der Waals surface area (Å²) in [5, 5.41) is 16.9. The van der Waals surface area contributed by atoms with E-state index in [1.54, 1.807) is 18.2 Å². The van der Waals surface area contributed by atoms with Gasteiger partial charge in [-0.2, -0.15) is 15.1 Å². The number of alkyl halides is 1. The zero-order valence-corrected chi connectivity index (χ0v) is 29.9. The topological polar surface area (TPSA) is 129 Å². The largest absolute Gasteiger partial charge is 0.508 e. The Morgan fingerprint density at radius 1 is 1.08 bits per heavy atom. The maximum atomic E-state index is 15.1. The molecule has 0 bridgehead atoms. The smallest absolute Gasteiger partial charge is 0.318 e. The normalized spacial score (nSPS) is 22.2. The Morgan fingerprint density at radius 3 is 2.76 bits per heavy atom. The van der Waals surface area contributed by atoms with Gasteiger partial charge in [-0.15, -0.1) is 0 Å². The Labute approximate surface area is 296 Å². The Balaban J connectivity index is 1.16. The van der Waals surface area contributed by atoms with E-state index in [1.807, 2.05) is 17.7 Å². The van der Waals surface area contributed by atoms with Gasteiger partial charge in [0.2, 0.25) is 10.0 Å². The van der Waals surface area contributed by atoms with Gasteiger partial charge in [0, 0.05) is 55.3 Å². The quantitative estimate of drug-likeness (QED) is 0.259. The molecule has 8 rings (SSSR count). The molecule has 4 aliphatic heterocycles. The number of rotatable bonds is 9. The second-order valence-electron chi connectivity index (χ2n) is 14.3. The summed E-state index contributed by atoms with van der Waals surface area (Å²) in [7, 11) is -2.09. The van der Waals surface area contributed by atoms with Gasteiger partial charge >= 0.3 is 6.01 Å². The Hall–Kier alpha value is -4.08. The first kappa shape index (κ1) is 34.0. The highest BCUT2D eigenvalue weighted by Crippen LogP contribution is 2.42. The molecule has 272 valence electrons. The van der Waals surface area contributed by atoms with E-state index >= 15 is 4.39 Å². The maximum absolute atomic E-state index is 15.1. The van der Waals surface area contributed by atoms with Crippen molar-refractivity contribution >= 4 is 32.3 Å². The van der Waals surface area contributed by atoms with Gasteiger partial charge in [0.25, 0.3) is 0 Å². The van der Waals surface area contributed by atoms with Crippen LogP contribution in [-0.4, -0.2) is 89.7 Å². The second-order valence-corrected chi connectivity index (χ2v) is 16.2. The number of aryl methyl sites for hydroxylation is 2. The number of aromatic nitrogens is 4. The van der Waals surface area contributed by atoms with Gasteiger partial charge in [-0.1, -0.05) is 13.0 Å². The van der Waals surface area contributed by atoms with Crippen LogP contribution < -0.4 is 19.3 Å². The number of hydrogen-bond donors (Lipinski definition) is 2. The van der Waals surface area contributed by atoms with Gasteiger partial charge in [0.15, 0.2) is 0 Å². The van der Waals surface area contributed by atoms with Crippen molar-refractivity contribution in [1.82, 2.24) is 29.4 Å². The summed E-state index contributed by atoms with van der Waals surface area (Å²) in [6.45, 7) is 6.28. The minimum absolute atomic E-state index is 0.107. The van der Waals surface area contributed by atoms with Crippen molar-refractivity contribution < 1.29 is 27.0 Å². The zero-order valence-electron chi connectivity index (χ0n) is 29.0. The van der Waals surface area contributed by atoms with Crippen LogP contribution in [0, 0.1) is 5.82 Å². The first-order chi connectivity index (χ1) is 24.5. The van der Waals surface area contributed by atoms with E-state index in [4.69, 9.17) is 14.7 Å². The number of sulfonamides is 1. The molecule has 4 aromatic rings. The van der Waals surface area contributed by atoms with Crippen LogP contribution in [0.4, 0.5) is 20.3 Å². The van der Waals surface area contributed by atoms with E-state index in [2.05, 4.69) is 24.5 Å². The van der Waals surface area contributed by atoms with Gasteiger partial charge < -0.3 is 19.6 Å². The van der Waals surface area contributed by atoms with Crippen molar-refractivity contribution in [2.24, 2.45) is 0 Å². The predicted octanol–water partition coefficient (Wildman–Crippen LogP) is 4.21. The molecule has 2 saturated heterocycles. The molecular formula is C36H44F2N8O4S. The third-order valence-corrected chi connectivity index (χ3v) is 12.4. The lowest BCUT2D eigenvalue weighted by atomic mass is 9.95. The lowest BCUT2D eigenvalue weighted by Crippen LogP contribution is -2.43. The maximum Gasteiger partial charge on any atom is 0.318 e. The minimum atomic E-state index is -3.48. The lowest BCUT2D eigenvalue weighted by molar-refractivity contribution is 0.107. The number of aromatic hydroxyl groups is 1. The van der Waals surface area contributed by atoms with Crippen molar-refractivity contribution in [1.29, 1.82) is 0 Å². The van der Waals surface area contributed by atoms with Crippen molar-refractivity contribution in [3.63, 3.8) is 0 Å². The number of nitrogens with one attached hydrogen (secondary N) is 1. The number of anilines is 2. The molecule has 0 amide bonds. The molecule has 0 aliphatic carbocycles. The molecule has 2 N–H and O–H groups in total. The molecule has 4 aliphatic rings. The number of hydrogen-bond acceptors (Lipinski definition) is 10. The number of benzene rings is 2. The molecule has 15 heteroatoms. The Morgan fingerprint density at radius 2 is 1.94 bits per heavy atom. The Kier molecular flexibility index (Phi) is 8.78. The molecule has 2 aromatic heterocycles. The molecule has 0 unspecified atom stereocenters. The molecule has 2 atom stereocenters. The summed E-state index contributed by atoms with van der Waals surface area (Å²) in [6, 6.07) is 8.61. The van der Waals surface area contributed by atoms with Crippen LogP contribution in [0.3, 0.4) is 0 Å². The molecule has 0 radical (unpaired) electrons. The SMILES string of the molecule is CCc1c(F)ccc2cc(O)cc(N3CCc4c(nc(OC[C@@]56CCCN5C[C@H](F)C6)nc4N4CCCn5nc(CS(=O)(=O)NC)cc5C4)C3)c12. The zero-order chi connectivity index (χ0) is 35.5. The van der Waals surface area contributed by atoms with Crippen LogP contribution in [0.25, 0.3) is 10.8 Å². The minimum Gasteiger partial charge on any atom is -0.508 e. The van der Waals surface area contributed by atoms with E-state index in [1.165, 1.54) is 13.1 Å². The van der Waals surface area contributed by atoms with E-state index in [0.29, 0.717) is 76.4 Å². The average Bonchev–Trinajstić information content (AvgIpc) is 3.72. The molecule has 51 heavy (non-hydrogen) atoms. The summed E-state index contributed by atoms with van der Waals surface area (Å²) in [4.78, 5) is 16.5. The molecule has 2 fully saturated rings.